The maximum Gasteiger partial charge on any atom is 0.317 e. The molecule has 2 saturated heterocycles. The zero-order valence-corrected chi connectivity index (χ0v) is 16.9. The van der Waals surface area contributed by atoms with Gasteiger partial charge in [0, 0.05) is 65.2 Å². The molecule has 0 aromatic rings. The minimum absolute atomic E-state index is 0.0592. The summed E-state index contributed by atoms with van der Waals surface area (Å²) >= 11 is 0. The molecular formula is C18H29N5O7. The second kappa shape index (κ2) is 11.6. The third-order valence-corrected chi connectivity index (χ3v) is 5.09. The van der Waals surface area contributed by atoms with Crippen LogP contribution in [0.4, 0.5) is 0 Å². The van der Waals surface area contributed by atoms with Crippen molar-refractivity contribution in [3.63, 3.8) is 0 Å². The van der Waals surface area contributed by atoms with Crippen LogP contribution in [0.25, 0.3) is 0 Å². The van der Waals surface area contributed by atoms with Gasteiger partial charge in [0.25, 0.3) is 0 Å². The largest absolute Gasteiger partial charge is 0.480 e. The first-order chi connectivity index (χ1) is 14.2. The van der Waals surface area contributed by atoms with Crippen LogP contribution < -0.4 is 5.32 Å². The third-order valence-electron chi connectivity index (χ3n) is 5.09. The predicted octanol–water partition coefficient (Wildman–Crippen LogP) is -2.66. The Morgan fingerprint density at radius 1 is 0.733 bits per heavy atom. The quantitative estimate of drug-likeness (QED) is 0.333. The highest BCUT2D eigenvalue weighted by Crippen LogP contribution is 2.10. The van der Waals surface area contributed by atoms with Crippen LogP contribution in [0.2, 0.25) is 0 Å². The fourth-order valence-corrected chi connectivity index (χ4v) is 3.48. The molecule has 2 aliphatic rings. The van der Waals surface area contributed by atoms with E-state index in [1.807, 2.05) is 4.90 Å². The van der Waals surface area contributed by atoms with Crippen molar-refractivity contribution in [2.75, 3.05) is 72.0 Å². The average molecular weight is 427 g/mol. The number of carbonyl (C=O) groups is 5. The van der Waals surface area contributed by atoms with E-state index in [0.717, 1.165) is 4.90 Å². The summed E-state index contributed by atoms with van der Waals surface area (Å²) in [5.41, 5.74) is 0. The second-order valence-electron chi connectivity index (χ2n) is 7.40. The number of carboxylic acids is 2. The Labute approximate surface area is 174 Å². The second-order valence-corrected chi connectivity index (χ2v) is 7.40. The van der Waals surface area contributed by atoms with Crippen molar-refractivity contribution in [1.29, 1.82) is 0 Å². The Balaban J connectivity index is 1.85. The van der Waals surface area contributed by atoms with Crippen LogP contribution in [0.5, 0.6) is 0 Å². The smallest absolute Gasteiger partial charge is 0.317 e. The van der Waals surface area contributed by atoms with E-state index in [2.05, 4.69) is 5.32 Å². The normalized spacial score (nSPS) is 19.9. The van der Waals surface area contributed by atoms with Crippen LogP contribution in [-0.2, 0) is 24.0 Å². The van der Waals surface area contributed by atoms with Gasteiger partial charge in [-0.2, -0.15) is 0 Å². The maximum absolute atomic E-state index is 12.3. The molecule has 2 rings (SSSR count). The van der Waals surface area contributed by atoms with Gasteiger partial charge in [-0.25, -0.2) is 0 Å². The fraction of sp³-hybridized carbons (Fsp3) is 0.722. The molecule has 0 aliphatic carbocycles. The van der Waals surface area contributed by atoms with Gasteiger partial charge in [-0.3, -0.25) is 43.6 Å². The van der Waals surface area contributed by atoms with Crippen molar-refractivity contribution in [1.82, 2.24) is 24.9 Å². The summed E-state index contributed by atoms with van der Waals surface area (Å²) in [6, 6.07) is 0. The number of nitrogens with one attached hydrogen (secondary N) is 1. The number of hydrogen-bond acceptors (Lipinski definition) is 8. The minimum Gasteiger partial charge on any atom is -0.480 e. The van der Waals surface area contributed by atoms with Gasteiger partial charge in [0.05, 0.1) is 19.6 Å². The molecule has 0 bridgehead atoms. The van der Waals surface area contributed by atoms with Crippen LogP contribution in [-0.4, -0.2) is 131 Å². The molecule has 0 spiro atoms. The van der Waals surface area contributed by atoms with Crippen LogP contribution in [0, 0.1) is 0 Å². The van der Waals surface area contributed by atoms with E-state index in [0.29, 0.717) is 39.3 Å². The Hall–Kier alpha value is -2.57. The van der Waals surface area contributed by atoms with E-state index in [1.54, 1.807) is 9.80 Å². The first-order valence-electron chi connectivity index (χ1n) is 9.95. The highest BCUT2D eigenvalue weighted by Gasteiger charge is 2.28. The first kappa shape index (κ1) is 23.7. The van der Waals surface area contributed by atoms with Gasteiger partial charge in [0.2, 0.25) is 17.7 Å². The standard InChI is InChI=1S/C18H29N5O7/c24-14(19-3-4-23-15(25)1-2-16(23)26)11-20-5-7-21(12-17(27)28)9-10-22(8-6-20)13-18(29)30/h1-13H2,(H,19,24)(H,27,28)(H,29,30). The minimum atomic E-state index is -0.964. The molecule has 2 aliphatic heterocycles. The van der Waals surface area contributed by atoms with Crippen LogP contribution >= 0.6 is 0 Å². The highest BCUT2D eigenvalue weighted by molar-refractivity contribution is 6.01. The molecule has 3 amide bonds. The lowest BCUT2D eigenvalue weighted by Gasteiger charge is -2.24. The predicted molar refractivity (Wildman–Crippen MR) is 104 cm³/mol. The van der Waals surface area contributed by atoms with Gasteiger partial charge in [0.15, 0.2) is 0 Å². The number of rotatable bonds is 9. The lowest BCUT2D eigenvalue weighted by Crippen LogP contribution is -2.45. The number of amides is 3. The van der Waals surface area contributed by atoms with Gasteiger partial charge in [-0.05, 0) is 0 Å². The molecular weight excluding hydrogens is 398 g/mol. The SMILES string of the molecule is O=C(O)CN1CCN(CC(=O)O)CCN(CC(=O)NCCN2C(=O)CCC2=O)CC1. The van der Waals surface area contributed by atoms with Gasteiger partial charge < -0.3 is 15.5 Å². The number of imide groups is 1. The summed E-state index contributed by atoms with van der Waals surface area (Å²) in [7, 11) is 0. The molecule has 30 heavy (non-hydrogen) atoms. The van der Waals surface area contributed by atoms with E-state index in [9.17, 15) is 24.0 Å². The zero-order valence-electron chi connectivity index (χ0n) is 16.9. The number of likely N-dealkylation sites (tertiary alicyclic amines) is 1. The number of nitrogens with zero attached hydrogens (tertiary/aromatic N) is 4. The molecule has 0 atom stereocenters. The van der Waals surface area contributed by atoms with Crippen molar-refractivity contribution in [3.05, 3.63) is 0 Å². The Morgan fingerprint density at radius 3 is 1.53 bits per heavy atom. The Bertz CT molecular complexity index is 627. The van der Waals surface area contributed by atoms with Crippen molar-refractivity contribution in [2.45, 2.75) is 12.8 Å². The van der Waals surface area contributed by atoms with Gasteiger partial charge >= 0.3 is 11.9 Å². The van der Waals surface area contributed by atoms with Crippen LogP contribution in [0.3, 0.4) is 0 Å². The summed E-state index contributed by atoms with van der Waals surface area (Å²) in [6.07, 6.45) is 0.417. The molecule has 2 fully saturated rings. The lowest BCUT2D eigenvalue weighted by atomic mass is 10.4. The van der Waals surface area contributed by atoms with Crippen molar-refractivity contribution < 1.29 is 34.2 Å². The maximum atomic E-state index is 12.3. The van der Waals surface area contributed by atoms with Crippen molar-refractivity contribution in [2.24, 2.45) is 0 Å². The molecule has 0 unspecified atom stereocenters. The number of hydrogen-bond donors (Lipinski definition) is 3. The monoisotopic (exact) mass is 427 g/mol. The summed E-state index contributed by atoms with van der Waals surface area (Å²) in [5, 5.41) is 20.8. The molecule has 0 radical (unpaired) electrons. The molecule has 0 aromatic heterocycles. The lowest BCUT2D eigenvalue weighted by molar-refractivity contribution is -0.140. The number of aliphatic carboxylic acids is 2. The van der Waals surface area contributed by atoms with Crippen molar-refractivity contribution >= 4 is 29.7 Å². The van der Waals surface area contributed by atoms with E-state index in [4.69, 9.17) is 10.2 Å². The Morgan fingerprint density at radius 2 is 1.13 bits per heavy atom. The fourth-order valence-electron chi connectivity index (χ4n) is 3.48. The van der Waals surface area contributed by atoms with Gasteiger partial charge in [-0.15, -0.1) is 0 Å². The number of carbonyl (C=O) groups excluding carboxylic acids is 3. The van der Waals surface area contributed by atoms with E-state index >= 15 is 0 Å². The summed E-state index contributed by atoms with van der Waals surface area (Å²) in [5.74, 6) is -2.66. The van der Waals surface area contributed by atoms with E-state index in [-0.39, 0.29) is 63.3 Å². The molecule has 168 valence electrons. The first-order valence-corrected chi connectivity index (χ1v) is 9.95. The zero-order chi connectivity index (χ0) is 22.1. The van der Waals surface area contributed by atoms with Gasteiger partial charge in [-0.1, -0.05) is 0 Å². The molecule has 12 nitrogen and oxygen atoms in total. The molecule has 3 N–H and O–H groups in total. The average Bonchev–Trinajstić information content (AvgIpc) is 3.01. The molecule has 12 heteroatoms. The summed E-state index contributed by atoms with van der Waals surface area (Å²) < 4.78 is 0. The Kier molecular flexibility index (Phi) is 9.15. The van der Waals surface area contributed by atoms with Crippen LogP contribution in [0.15, 0.2) is 0 Å². The molecule has 0 aromatic carbocycles. The highest BCUT2D eigenvalue weighted by atomic mass is 16.4. The third kappa shape index (κ3) is 8.05. The summed E-state index contributed by atoms with van der Waals surface area (Å²) in [4.78, 5) is 64.0. The molecule has 0 saturated carbocycles. The van der Waals surface area contributed by atoms with E-state index in [1.165, 1.54) is 0 Å². The topological polar surface area (TPSA) is 151 Å². The van der Waals surface area contributed by atoms with Gasteiger partial charge in [0.1, 0.15) is 0 Å². The number of carboxylic acid groups (broad SMARTS) is 2. The van der Waals surface area contributed by atoms with Crippen LogP contribution in [0.1, 0.15) is 12.8 Å². The molecule has 2 heterocycles. The summed E-state index contributed by atoms with van der Waals surface area (Å²) in [6.45, 7) is 2.73. The van der Waals surface area contributed by atoms with E-state index < -0.39 is 11.9 Å². The van der Waals surface area contributed by atoms with Crippen molar-refractivity contribution in [3.8, 4) is 0 Å².